The number of fused-ring (bicyclic) bond motifs is 1. The molecule has 1 unspecified atom stereocenters. The summed E-state index contributed by atoms with van der Waals surface area (Å²) in [5.41, 5.74) is 6.94. The molecule has 3 N–H and O–H groups in total. The van der Waals surface area contributed by atoms with E-state index >= 15 is 0 Å². The molecule has 0 bridgehead atoms. The highest BCUT2D eigenvalue weighted by Gasteiger charge is 2.13. The number of nitrogens with zero attached hydrogens (tertiary/aromatic N) is 2. The van der Waals surface area contributed by atoms with Crippen LogP contribution in [0.5, 0.6) is 0 Å². The Kier molecular flexibility index (Phi) is 3.96. The molecule has 0 saturated carbocycles. The maximum atomic E-state index is 5.75. The van der Waals surface area contributed by atoms with Crippen LogP contribution in [0, 0.1) is 6.92 Å². The van der Waals surface area contributed by atoms with Crippen molar-refractivity contribution in [1.29, 1.82) is 0 Å². The Bertz CT molecular complexity index is 788. The molecule has 2 heterocycles. The highest BCUT2D eigenvalue weighted by molar-refractivity contribution is 9.10. The zero-order valence-electron chi connectivity index (χ0n) is 11.5. The minimum absolute atomic E-state index is 0.110. The van der Waals surface area contributed by atoms with Crippen LogP contribution >= 0.6 is 15.9 Å². The molecule has 0 radical (unpaired) electrons. The quantitative estimate of drug-likeness (QED) is 0.566. The van der Waals surface area contributed by atoms with Crippen molar-refractivity contribution < 1.29 is 0 Å². The molecule has 0 aliphatic carbocycles. The average molecular weight is 343 g/mol. The van der Waals surface area contributed by atoms with E-state index in [2.05, 4.69) is 43.5 Å². The summed E-state index contributed by atoms with van der Waals surface area (Å²) >= 11 is 3.44. The standard InChI is InChI=1S/C16H15BrN4/c1-10-2-3-11-6-12(4-5-15(11)20-10)16(21-18)13-7-14(17)9-19-8-13/h2-9,16,21H,18H2,1H3. The molecule has 0 aliphatic rings. The second kappa shape index (κ2) is 5.89. The van der Waals surface area contributed by atoms with E-state index in [4.69, 9.17) is 5.84 Å². The third-order valence-electron chi connectivity index (χ3n) is 3.41. The topological polar surface area (TPSA) is 63.8 Å². The summed E-state index contributed by atoms with van der Waals surface area (Å²) in [4.78, 5) is 8.71. The molecule has 1 aromatic carbocycles. The number of rotatable bonds is 3. The van der Waals surface area contributed by atoms with Crippen LogP contribution in [0.25, 0.3) is 10.9 Å². The summed E-state index contributed by atoms with van der Waals surface area (Å²) in [6.07, 6.45) is 3.57. The van der Waals surface area contributed by atoms with E-state index < -0.39 is 0 Å². The van der Waals surface area contributed by atoms with Gasteiger partial charge in [-0.2, -0.15) is 0 Å². The monoisotopic (exact) mass is 342 g/mol. The SMILES string of the molecule is Cc1ccc2cc(C(NN)c3cncc(Br)c3)ccc2n1. The fraction of sp³-hybridized carbons (Fsp3) is 0.125. The zero-order valence-corrected chi connectivity index (χ0v) is 13.1. The Balaban J connectivity index is 2.06. The van der Waals surface area contributed by atoms with Gasteiger partial charge in [-0.05, 0) is 58.2 Å². The number of pyridine rings is 2. The summed E-state index contributed by atoms with van der Waals surface area (Å²) in [6.45, 7) is 1.99. The second-order valence-corrected chi connectivity index (χ2v) is 5.86. The molecule has 1 atom stereocenters. The van der Waals surface area contributed by atoms with Gasteiger partial charge < -0.3 is 0 Å². The van der Waals surface area contributed by atoms with Crippen LogP contribution in [0.3, 0.4) is 0 Å². The molecule has 2 aromatic heterocycles. The Hall–Kier alpha value is -1.82. The summed E-state index contributed by atoms with van der Waals surface area (Å²) < 4.78 is 0.929. The summed E-state index contributed by atoms with van der Waals surface area (Å²) in [5, 5.41) is 1.10. The Morgan fingerprint density at radius 1 is 1.10 bits per heavy atom. The first kappa shape index (κ1) is 14.1. The van der Waals surface area contributed by atoms with Gasteiger partial charge >= 0.3 is 0 Å². The fourth-order valence-electron chi connectivity index (χ4n) is 2.40. The minimum Gasteiger partial charge on any atom is -0.271 e. The number of halogens is 1. The molecule has 5 heteroatoms. The van der Waals surface area contributed by atoms with Crippen LogP contribution in [0.2, 0.25) is 0 Å². The van der Waals surface area contributed by atoms with Gasteiger partial charge in [0.15, 0.2) is 0 Å². The molecule has 3 rings (SSSR count). The molecule has 0 fully saturated rings. The van der Waals surface area contributed by atoms with Gasteiger partial charge in [0.25, 0.3) is 0 Å². The number of benzene rings is 1. The molecule has 3 aromatic rings. The highest BCUT2D eigenvalue weighted by atomic mass is 79.9. The maximum absolute atomic E-state index is 5.75. The first-order valence-corrected chi connectivity index (χ1v) is 7.40. The largest absolute Gasteiger partial charge is 0.271 e. The average Bonchev–Trinajstić information content (AvgIpc) is 2.48. The predicted octanol–water partition coefficient (Wildman–Crippen LogP) is 3.25. The summed E-state index contributed by atoms with van der Waals surface area (Å²) in [6, 6.07) is 12.2. The molecular weight excluding hydrogens is 328 g/mol. The van der Waals surface area contributed by atoms with E-state index in [1.807, 2.05) is 37.4 Å². The van der Waals surface area contributed by atoms with Gasteiger partial charge in [0.2, 0.25) is 0 Å². The van der Waals surface area contributed by atoms with E-state index in [1.165, 1.54) is 0 Å². The van der Waals surface area contributed by atoms with Gasteiger partial charge in [-0.25, -0.2) is 5.43 Å². The van der Waals surface area contributed by atoms with Crippen LogP contribution in [0.1, 0.15) is 22.9 Å². The van der Waals surface area contributed by atoms with E-state index in [0.29, 0.717) is 0 Å². The van der Waals surface area contributed by atoms with Crippen LogP contribution in [-0.2, 0) is 0 Å². The first-order valence-electron chi connectivity index (χ1n) is 6.61. The predicted molar refractivity (Wildman–Crippen MR) is 87.6 cm³/mol. The smallest absolute Gasteiger partial charge is 0.0725 e. The van der Waals surface area contributed by atoms with E-state index in [9.17, 15) is 0 Å². The molecule has 21 heavy (non-hydrogen) atoms. The third-order valence-corrected chi connectivity index (χ3v) is 3.85. The number of hydrogen-bond donors (Lipinski definition) is 2. The highest BCUT2D eigenvalue weighted by Crippen LogP contribution is 2.25. The molecule has 0 amide bonds. The molecular formula is C16H15BrN4. The number of aryl methyl sites for hydroxylation is 1. The van der Waals surface area contributed by atoms with Gasteiger partial charge in [-0.1, -0.05) is 12.1 Å². The van der Waals surface area contributed by atoms with Crippen molar-refractivity contribution >= 4 is 26.8 Å². The zero-order chi connectivity index (χ0) is 14.8. The lowest BCUT2D eigenvalue weighted by atomic mass is 9.99. The van der Waals surface area contributed by atoms with E-state index in [0.717, 1.165) is 32.2 Å². The van der Waals surface area contributed by atoms with Crippen LogP contribution in [0.15, 0.2) is 53.3 Å². The lowest BCUT2D eigenvalue weighted by molar-refractivity contribution is 0.635. The fourth-order valence-corrected chi connectivity index (χ4v) is 2.78. The maximum Gasteiger partial charge on any atom is 0.0725 e. The van der Waals surface area contributed by atoms with Crippen LogP contribution in [-0.4, -0.2) is 9.97 Å². The number of hydrogen-bond acceptors (Lipinski definition) is 4. The van der Waals surface area contributed by atoms with E-state index in [1.54, 1.807) is 6.20 Å². The van der Waals surface area contributed by atoms with Gasteiger partial charge in [0.1, 0.15) is 0 Å². The van der Waals surface area contributed by atoms with Gasteiger partial charge in [0.05, 0.1) is 11.6 Å². The van der Waals surface area contributed by atoms with E-state index in [-0.39, 0.29) is 6.04 Å². The Morgan fingerprint density at radius 2 is 1.95 bits per heavy atom. The number of aromatic nitrogens is 2. The van der Waals surface area contributed by atoms with Crippen molar-refractivity contribution in [3.8, 4) is 0 Å². The lowest BCUT2D eigenvalue weighted by Gasteiger charge is -2.17. The lowest BCUT2D eigenvalue weighted by Crippen LogP contribution is -2.28. The van der Waals surface area contributed by atoms with Gasteiger partial charge in [-0.15, -0.1) is 0 Å². The molecule has 0 saturated heterocycles. The molecule has 4 nitrogen and oxygen atoms in total. The van der Waals surface area contributed by atoms with Crippen molar-refractivity contribution in [2.75, 3.05) is 0 Å². The molecule has 0 spiro atoms. The van der Waals surface area contributed by atoms with Crippen molar-refractivity contribution in [2.45, 2.75) is 13.0 Å². The molecule has 106 valence electrons. The van der Waals surface area contributed by atoms with Crippen molar-refractivity contribution in [2.24, 2.45) is 5.84 Å². The number of nitrogens with one attached hydrogen (secondary N) is 1. The first-order chi connectivity index (χ1) is 10.2. The van der Waals surface area contributed by atoms with Crippen LogP contribution < -0.4 is 11.3 Å². The van der Waals surface area contributed by atoms with Crippen molar-refractivity contribution in [3.63, 3.8) is 0 Å². The minimum atomic E-state index is -0.110. The number of nitrogens with two attached hydrogens (primary N) is 1. The molecule has 0 aliphatic heterocycles. The Labute approximate surface area is 131 Å². The van der Waals surface area contributed by atoms with Crippen molar-refractivity contribution in [1.82, 2.24) is 15.4 Å². The number of hydrazine groups is 1. The Morgan fingerprint density at radius 3 is 2.71 bits per heavy atom. The van der Waals surface area contributed by atoms with Gasteiger partial charge in [-0.3, -0.25) is 15.8 Å². The normalized spacial score (nSPS) is 12.5. The van der Waals surface area contributed by atoms with Crippen molar-refractivity contribution in [3.05, 3.63) is 70.1 Å². The summed E-state index contributed by atoms with van der Waals surface area (Å²) in [7, 11) is 0. The summed E-state index contributed by atoms with van der Waals surface area (Å²) in [5.74, 6) is 5.75. The van der Waals surface area contributed by atoms with Crippen LogP contribution in [0.4, 0.5) is 0 Å². The third kappa shape index (κ3) is 2.95. The second-order valence-electron chi connectivity index (χ2n) is 4.94. The van der Waals surface area contributed by atoms with Gasteiger partial charge in [0, 0.05) is 27.9 Å².